The lowest BCUT2D eigenvalue weighted by Gasteiger charge is -2.31. The number of carbonyl (C=O) groups is 1. The van der Waals surface area contributed by atoms with Crippen LogP contribution in [0, 0.1) is 0 Å². The minimum absolute atomic E-state index is 0.0289. The first kappa shape index (κ1) is 11.4. The Bertz CT molecular complexity index is 436. The van der Waals surface area contributed by atoms with Gasteiger partial charge in [0.25, 0.3) is 5.91 Å². The molecule has 0 saturated carbocycles. The predicted molar refractivity (Wildman–Crippen MR) is 65.8 cm³/mol. The van der Waals surface area contributed by atoms with Gasteiger partial charge in [-0.2, -0.15) is 0 Å². The van der Waals surface area contributed by atoms with E-state index >= 15 is 0 Å². The molecule has 2 atom stereocenters. The number of pyridine rings is 1. The molecule has 96 valence electrons. The number of nitrogens with one attached hydrogen (secondary N) is 1. The predicted octanol–water partition coefficient (Wildman–Crippen LogP) is 0.371. The average molecular weight is 248 g/mol. The van der Waals surface area contributed by atoms with Crippen LogP contribution in [0.25, 0.3) is 0 Å². The molecular weight excluding hydrogens is 232 g/mol. The van der Waals surface area contributed by atoms with E-state index in [-0.39, 0.29) is 18.1 Å². The molecule has 2 unspecified atom stereocenters. The first-order valence-electron chi connectivity index (χ1n) is 6.13. The molecule has 6 heteroatoms. The number of morpholine rings is 1. The fraction of sp³-hybridized carbons (Fsp3) is 0.500. The van der Waals surface area contributed by atoms with Crippen LogP contribution in [0.4, 0.5) is 5.69 Å². The number of rotatable bonds is 2. The highest BCUT2D eigenvalue weighted by Gasteiger charge is 2.36. The number of ether oxygens (including phenoxy) is 1. The van der Waals surface area contributed by atoms with Crippen molar-refractivity contribution in [3.05, 3.63) is 24.0 Å². The van der Waals surface area contributed by atoms with E-state index in [4.69, 9.17) is 10.6 Å². The third-order valence-electron chi connectivity index (χ3n) is 3.48. The number of anilines is 1. The lowest BCUT2D eigenvalue weighted by molar-refractivity contribution is -0.0305. The molecule has 1 aromatic heterocycles. The fourth-order valence-electron chi connectivity index (χ4n) is 2.55. The number of nitrogens with two attached hydrogens (primary N) is 1. The normalized spacial score (nSPS) is 26.2. The Kier molecular flexibility index (Phi) is 2.89. The van der Waals surface area contributed by atoms with Crippen LogP contribution in [-0.4, -0.2) is 41.1 Å². The summed E-state index contributed by atoms with van der Waals surface area (Å²) >= 11 is 0. The second-order valence-electron chi connectivity index (χ2n) is 4.74. The maximum atomic E-state index is 12.3. The van der Waals surface area contributed by atoms with Crippen molar-refractivity contribution in [3.63, 3.8) is 0 Å². The Hall–Kier alpha value is -1.66. The van der Waals surface area contributed by atoms with Crippen LogP contribution in [0.2, 0.25) is 0 Å². The van der Waals surface area contributed by atoms with E-state index < -0.39 is 0 Å². The van der Waals surface area contributed by atoms with Gasteiger partial charge in [0.1, 0.15) is 5.69 Å². The van der Waals surface area contributed by atoms with Gasteiger partial charge in [-0.1, -0.05) is 0 Å². The van der Waals surface area contributed by atoms with Crippen LogP contribution in [0.1, 0.15) is 23.3 Å². The number of carbonyl (C=O) groups excluding carboxylic acids is 1. The molecule has 0 aromatic carbocycles. The molecule has 6 nitrogen and oxygen atoms in total. The molecule has 3 N–H and O–H groups in total. The molecule has 0 aliphatic carbocycles. The van der Waals surface area contributed by atoms with Crippen LogP contribution < -0.4 is 11.3 Å². The Balaban J connectivity index is 1.73. The molecule has 18 heavy (non-hydrogen) atoms. The molecular formula is C12H16N4O2. The fourth-order valence-corrected chi connectivity index (χ4v) is 2.55. The van der Waals surface area contributed by atoms with Crippen molar-refractivity contribution in [2.75, 3.05) is 18.5 Å². The zero-order chi connectivity index (χ0) is 12.5. The minimum atomic E-state index is -0.0289. The summed E-state index contributed by atoms with van der Waals surface area (Å²) in [4.78, 5) is 18.2. The second kappa shape index (κ2) is 4.55. The summed E-state index contributed by atoms with van der Waals surface area (Å²) in [5.41, 5.74) is 3.63. The summed E-state index contributed by atoms with van der Waals surface area (Å²) in [7, 11) is 0. The summed E-state index contributed by atoms with van der Waals surface area (Å²) in [5.74, 6) is 5.23. The molecule has 2 bridgehead atoms. The van der Waals surface area contributed by atoms with Gasteiger partial charge in [-0.05, 0) is 25.0 Å². The summed E-state index contributed by atoms with van der Waals surface area (Å²) < 4.78 is 5.71. The maximum absolute atomic E-state index is 12.3. The third-order valence-corrected chi connectivity index (χ3v) is 3.48. The monoisotopic (exact) mass is 248 g/mol. The number of fused-ring (bicyclic) bond motifs is 2. The van der Waals surface area contributed by atoms with Gasteiger partial charge in [-0.25, -0.2) is 4.98 Å². The van der Waals surface area contributed by atoms with Crippen LogP contribution in [0.15, 0.2) is 18.3 Å². The van der Waals surface area contributed by atoms with Gasteiger partial charge in [0.2, 0.25) is 0 Å². The average Bonchev–Trinajstić information content (AvgIpc) is 2.77. The van der Waals surface area contributed by atoms with Crippen LogP contribution in [-0.2, 0) is 4.74 Å². The quantitative estimate of drug-likeness (QED) is 0.584. The zero-order valence-corrected chi connectivity index (χ0v) is 10.0. The van der Waals surface area contributed by atoms with Gasteiger partial charge in [-0.15, -0.1) is 0 Å². The summed E-state index contributed by atoms with van der Waals surface area (Å²) in [6.07, 6.45) is 4.08. The molecule has 0 radical (unpaired) electrons. The van der Waals surface area contributed by atoms with Gasteiger partial charge >= 0.3 is 0 Å². The van der Waals surface area contributed by atoms with Crippen molar-refractivity contribution < 1.29 is 9.53 Å². The summed E-state index contributed by atoms with van der Waals surface area (Å²) in [5, 5.41) is 0. The molecule has 0 spiro atoms. The minimum Gasteiger partial charge on any atom is -0.371 e. The number of nitrogens with zero attached hydrogens (tertiary/aromatic N) is 2. The third kappa shape index (κ3) is 2.04. The highest BCUT2D eigenvalue weighted by molar-refractivity contribution is 5.92. The molecule has 1 aromatic rings. The van der Waals surface area contributed by atoms with E-state index in [1.165, 1.54) is 0 Å². The maximum Gasteiger partial charge on any atom is 0.272 e. The van der Waals surface area contributed by atoms with Crippen molar-refractivity contribution in [3.8, 4) is 0 Å². The van der Waals surface area contributed by atoms with Gasteiger partial charge in [0, 0.05) is 13.1 Å². The van der Waals surface area contributed by atoms with Gasteiger partial charge in [0.15, 0.2) is 0 Å². The van der Waals surface area contributed by atoms with E-state index in [0.717, 1.165) is 12.8 Å². The number of aromatic nitrogens is 1. The standard InChI is InChI=1S/C12H16N4O2/c13-15-8-1-4-11(14-5-8)12(17)16-6-9-2-3-10(7-16)18-9/h1,4-5,9-10,15H,2-3,6-7,13H2. The molecule has 3 rings (SSSR count). The van der Waals surface area contributed by atoms with Crippen LogP contribution in [0.3, 0.4) is 0 Å². The van der Waals surface area contributed by atoms with Crippen LogP contribution in [0.5, 0.6) is 0 Å². The van der Waals surface area contributed by atoms with Crippen LogP contribution >= 0.6 is 0 Å². The second-order valence-corrected chi connectivity index (χ2v) is 4.74. The number of hydrazine groups is 1. The van der Waals surface area contributed by atoms with E-state index in [0.29, 0.717) is 24.5 Å². The molecule has 2 fully saturated rings. The molecule has 2 saturated heterocycles. The largest absolute Gasteiger partial charge is 0.371 e. The lowest BCUT2D eigenvalue weighted by atomic mass is 10.2. The molecule has 1 amide bonds. The van der Waals surface area contributed by atoms with Gasteiger partial charge in [-0.3, -0.25) is 10.6 Å². The number of hydrogen-bond acceptors (Lipinski definition) is 5. The highest BCUT2D eigenvalue weighted by atomic mass is 16.5. The van der Waals surface area contributed by atoms with E-state index in [1.807, 2.05) is 4.90 Å². The summed E-state index contributed by atoms with van der Waals surface area (Å²) in [6.45, 7) is 1.35. The number of nitrogen functional groups attached to an aromatic ring is 1. The Morgan fingerprint density at radius 3 is 2.67 bits per heavy atom. The molecule has 2 aliphatic heterocycles. The smallest absolute Gasteiger partial charge is 0.272 e. The lowest BCUT2D eigenvalue weighted by Crippen LogP contribution is -2.46. The first-order valence-corrected chi connectivity index (χ1v) is 6.13. The number of hydrogen-bond donors (Lipinski definition) is 2. The molecule has 3 heterocycles. The number of likely N-dealkylation sites (tertiary alicyclic amines) is 1. The van der Waals surface area contributed by atoms with E-state index in [1.54, 1.807) is 18.3 Å². The van der Waals surface area contributed by atoms with E-state index in [9.17, 15) is 4.79 Å². The van der Waals surface area contributed by atoms with Crippen molar-refractivity contribution in [1.29, 1.82) is 0 Å². The van der Waals surface area contributed by atoms with E-state index in [2.05, 4.69) is 10.4 Å². The highest BCUT2D eigenvalue weighted by Crippen LogP contribution is 2.26. The van der Waals surface area contributed by atoms with Crippen molar-refractivity contribution in [2.45, 2.75) is 25.0 Å². The Labute approximate surface area is 105 Å². The van der Waals surface area contributed by atoms with Crippen molar-refractivity contribution in [1.82, 2.24) is 9.88 Å². The zero-order valence-electron chi connectivity index (χ0n) is 10.0. The topological polar surface area (TPSA) is 80.5 Å². The van der Waals surface area contributed by atoms with Crippen molar-refractivity contribution in [2.24, 2.45) is 5.84 Å². The Morgan fingerprint density at radius 2 is 2.11 bits per heavy atom. The Morgan fingerprint density at radius 1 is 1.39 bits per heavy atom. The molecule has 2 aliphatic rings. The summed E-state index contributed by atoms with van der Waals surface area (Å²) in [6, 6.07) is 3.43. The SMILES string of the molecule is NNc1ccc(C(=O)N2CC3CCC(C2)O3)nc1. The first-order chi connectivity index (χ1) is 8.76. The number of amides is 1. The van der Waals surface area contributed by atoms with Crippen molar-refractivity contribution >= 4 is 11.6 Å². The van der Waals surface area contributed by atoms with Gasteiger partial charge < -0.3 is 15.1 Å². The van der Waals surface area contributed by atoms with Gasteiger partial charge in [0.05, 0.1) is 24.1 Å².